The molecule has 0 unspecified atom stereocenters. The molecule has 0 N–H and O–H groups in total. The van der Waals surface area contributed by atoms with Crippen LogP contribution in [0, 0.1) is 0 Å². The molecular formula is C16H28IN3O2. The predicted molar refractivity (Wildman–Crippen MR) is 103 cm³/mol. The number of aliphatic imine (C=N–C) groups is 1. The molecule has 1 aromatic carbocycles. The van der Waals surface area contributed by atoms with Gasteiger partial charge in [-0.25, -0.2) is 0 Å². The van der Waals surface area contributed by atoms with E-state index in [0.29, 0.717) is 0 Å². The lowest BCUT2D eigenvalue weighted by Crippen LogP contribution is -2.35. The van der Waals surface area contributed by atoms with E-state index in [2.05, 4.69) is 4.99 Å². The maximum absolute atomic E-state index is 5.39. The van der Waals surface area contributed by atoms with Gasteiger partial charge in [0.15, 0.2) is 5.96 Å². The molecule has 22 heavy (non-hydrogen) atoms. The summed E-state index contributed by atoms with van der Waals surface area (Å²) < 4.78 is 10.7. The van der Waals surface area contributed by atoms with Gasteiger partial charge in [0.2, 0.25) is 0 Å². The molecule has 1 rings (SSSR count). The van der Waals surface area contributed by atoms with Crippen LogP contribution in [-0.2, 0) is 6.42 Å². The van der Waals surface area contributed by atoms with Crippen LogP contribution >= 0.6 is 24.0 Å². The minimum Gasteiger partial charge on any atom is -0.497 e. The van der Waals surface area contributed by atoms with Gasteiger partial charge >= 0.3 is 0 Å². The van der Waals surface area contributed by atoms with E-state index in [0.717, 1.165) is 42.4 Å². The molecule has 0 aromatic heterocycles. The molecule has 0 atom stereocenters. The lowest BCUT2D eigenvalue weighted by atomic mass is 10.1. The molecule has 0 aliphatic carbocycles. The van der Waals surface area contributed by atoms with Gasteiger partial charge in [-0.2, -0.15) is 0 Å². The molecule has 0 aliphatic rings. The van der Waals surface area contributed by atoms with Crippen molar-refractivity contribution in [2.75, 3.05) is 49.0 Å². The molecule has 0 spiro atoms. The molecule has 5 nitrogen and oxygen atoms in total. The van der Waals surface area contributed by atoms with Crippen molar-refractivity contribution in [3.63, 3.8) is 0 Å². The van der Waals surface area contributed by atoms with E-state index >= 15 is 0 Å². The summed E-state index contributed by atoms with van der Waals surface area (Å²) in [5.74, 6) is 2.74. The van der Waals surface area contributed by atoms with Gasteiger partial charge in [0.25, 0.3) is 0 Å². The predicted octanol–water partition coefficient (Wildman–Crippen LogP) is 2.73. The average Bonchev–Trinajstić information content (AvgIpc) is 2.45. The van der Waals surface area contributed by atoms with Gasteiger partial charge in [-0.15, -0.1) is 24.0 Å². The second-order valence-corrected chi connectivity index (χ2v) is 5.25. The highest BCUT2D eigenvalue weighted by Gasteiger charge is 2.06. The SMILES string of the molecule is COc1ccc(OC)c(CCCN=C(N(C)C)N(C)C)c1.I. The molecule has 0 aliphatic heterocycles. The van der Waals surface area contributed by atoms with Gasteiger partial charge in [0, 0.05) is 34.7 Å². The zero-order valence-corrected chi connectivity index (χ0v) is 16.8. The fraction of sp³-hybridized carbons (Fsp3) is 0.562. The third kappa shape index (κ3) is 6.29. The summed E-state index contributed by atoms with van der Waals surface area (Å²) in [5.41, 5.74) is 1.16. The van der Waals surface area contributed by atoms with Gasteiger partial charge in [-0.1, -0.05) is 0 Å². The zero-order valence-electron chi connectivity index (χ0n) is 14.4. The van der Waals surface area contributed by atoms with E-state index in [9.17, 15) is 0 Å². The van der Waals surface area contributed by atoms with Crippen LogP contribution in [0.4, 0.5) is 0 Å². The van der Waals surface area contributed by atoms with Gasteiger partial charge < -0.3 is 19.3 Å². The Labute approximate surface area is 151 Å². The van der Waals surface area contributed by atoms with Crippen molar-refractivity contribution in [2.24, 2.45) is 4.99 Å². The van der Waals surface area contributed by atoms with E-state index in [1.807, 2.05) is 56.2 Å². The van der Waals surface area contributed by atoms with Crippen LogP contribution in [0.15, 0.2) is 23.2 Å². The van der Waals surface area contributed by atoms with E-state index in [1.54, 1.807) is 14.2 Å². The highest BCUT2D eigenvalue weighted by molar-refractivity contribution is 14.0. The topological polar surface area (TPSA) is 37.3 Å². The second kappa shape index (κ2) is 10.5. The van der Waals surface area contributed by atoms with Crippen molar-refractivity contribution in [3.8, 4) is 11.5 Å². The van der Waals surface area contributed by atoms with E-state index in [-0.39, 0.29) is 24.0 Å². The monoisotopic (exact) mass is 421 g/mol. The fourth-order valence-electron chi connectivity index (χ4n) is 2.21. The van der Waals surface area contributed by atoms with Gasteiger partial charge in [-0.05, 0) is 36.6 Å². The highest BCUT2D eigenvalue weighted by Crippen LogP contribution is 2.25. The number of guanidine groups is 1. The van der Waals surface area contributed by atoms with E-state index in [4.69, 9.17) is 9.47 Å². The molecule has 0 heterocycles. The average molecular weight is 421 g/mol. The Morgan fingerprint density at radius 3 is 2.18 bits per heavy atom. The number of nitrogens with zero attached hydrogens (tertiary/aromatic N) is 3. The summed E-state index contributed by atoms with van der Waals surface area (Å²) in [6.07, 6.45) is 1.88. The molecule has 1 aromatic rings. The number of ether oxygens (including phenoxy) is 2. The Morgan fingerprint density at radius 1 is 1.05 bits per heavy atom. The first-order chi connectivity index (χ1) is 9.99. The van der Waals surface area contributed by atoms with Crippen LogP contribution in [0.5, 0.6) is 11.5 Å². The second-order valence-electron chi connectivity index (χ2n) is 5.25. The molecular weight excluding hydrogens is 393 g/mol. The standard InChI is InChI=1S/C16H27N3O2.HI/c1-18(2)16(19(3)4)17-11-7-8-13-12-14(20-5)9-10-15(13)21-6;/h9-10,12H,7-8,11H2,1-6H3;1H. The van der Waals surface area contributed by atoms with E-state index in [1.165, 1.54) is 0 Å². The summed E-state index contributed by atoms with van der Waals surface area (Å²) in [6, 6.07) is 5.89. The minimum atomic E-state index is 0. The first-order valence-electron chi connectivity index (χ1n) is 7.09. The maximum atomic E-state index is 5.39. The van der Waals surface area contributed by atoms with E-state index < -0.39 is 0 Å². The number of aryl methyl sites for hydroxylation is 1. The largest absolute Gasteiger partial charge is 0.497 e. The van der Waals surface area contributed by atoms with Crippen LogP contribution in [-0.4, -0.2) is 64.7 Å². The Kier molecular flexibility index (Phi) is 9.97. The van der Waals surface area contributed by atoms with Crippen molar-refractivity contribution in [1.82, 2.24) is 9.80 Å². The number of hydrogen-bond acceptors (Lipinski definition) is 3. The lowest BCUT2D eigenvalue weighted by Gasteiger charge is -2.22. The third-order valence-corrected chi connectivity index (χ3v) is 3.15. The Morgan fingerprint density at radius 2 is 1.68 bits per heavy atom. The van der Waals surface area contributed by atoms with Gasteiger partial charge in [0.05, 0.1) is 14.2 Å². The van der Waals surface area contributed by atoms with Crippen LogP contribution in [0.1, 0.15) is 12.0 Å². The molecule has 0 radical (unpaired) electrons. The van der Waals surface area contributed by atoms with Crippen LogP contribution in [0.2, 0.25) is 0 Å². The minimum absolute atomic E-state index is 0. The first kappa shape index (κ1) is 20.8. The maximum Gasteiger partial charge on any atom is 0.195 e. The fourth-order valence-corrected chi connectivity index (χ4v) is 2.21. The molecule has 0 fully saturated rings. The molecule has 0 saturated heterocycles. The van der Waals surface area contributed by atoms with Crippen molar-refractivity contribution in [1.29, 1.82) is 0 Å². The van der Waals surface area contributed by atoms with Crippen LogP contribution in [0.3, 0.4) is 0 Å². The van der Waals surface area contributed by atoms with Crippen molar-refractivity contribution in [3.05, 3.63) is 23.8 Å². The number of rotatable bonds is 6. The molecule has 0 bridgehead atoms. The summed E-state index contributed by atoms with van der Waals surface area (Å²) in [4.78, 5) is 8.67. The summed E-state index contributed by atoms with van der Waals surface area (Å²) in [5, 5.41) is 0. The quantitative estimate of drug-likeness (QED) is 0.307. The Hall–Kier alpha value is -1.18. The normalized spacial score (nSPS) is 9.55. The van der Waals surface area contributed by atoms with Crippen LogP contribution < -0.4 is 9.47 Å². The Bertz CT molecular complexity index is 466. The van der Waals surface area contributed by atoms with Gasteiger partial charge in [0.1, 0.15) is 11.5 Å². The zero-order chi connectivity index (χ0) is 15.8. The highest BCUT2D eigenvalue weighted by atomic mass is 127. The molecule has 0 amide bonds. The van der Waals surface area contributed by atoms with Crippen LogP contribution in [0.25, 0.3) is 0 Å². The number of benzene rings is 1. The number of halogens is 1. The number of hydrogen-bond donors (Lipinski definition) is 0. The lowest BCUT2D eigenvalue weighted by molar-refractivity contribution is 0.398. The number of methoxy groups -OCH3 is 2. The molecule has 0 saturated carbocycles. The first-order valence-corrected chi connectivity index (χ1v) is 7.09. The van der Waals surface area contributed by atoms with Crippen molar-refractivity contribution >= 4 is 29.9 Å². The Balaban J connectivity index is 0.00000441. The van der Waals surface area contributed by atoms with Gasteiger partial charge in [-0.3, -0.25) is 4.99 Å². The third-order valence-electron chi connectivity index (χ3n) is 3.15. The van der Waals surface area contributed by atoms with Crippen molar-refractivity contribution in [2.45, 2.75) is 12.8 Å². The molecule has 6 heteroatoms. The summed E-state index contributed by atoms with van der Waals surface area (Å²) in [7, 11) is 11.4. The van der Waals surface area contributed by atoms with Crippen molar-refractivity contribution < 1.29 is 9.47 Å². The summed E-state index contributed by atoms with van der Waals surface area (Å²) >= 11 is 0. The smallest absolute Gasteiger partial charge is 0.195 e. The molecule has 126 valence electrons. The summed E-state index contributed by atoms with van der Waals surface area (Å²) in [6.45, 7) is 0.784.